The highest BCUT2D eigenvalue weighted by Crippen LogP contribution is 2.11. The Bertz CT molecular complexity index is 451. The van der Waals surface area contributed by atoms with Crippen LogP contribution in [0.1, 0.15) is 18.9 Å². The smallest absolute Gasteiger partial charge is 0.212 e. The molecule has 0 saturated carbocycles. The van der Waals surface area contributed by atoms with Gasteiger partial charge in [0.1, 0.15) is 5.75 Å². The van der Waals surface area contributed by atoms with Crippen LogP contribution in [0.25, 0.3) is 0 Å². The Kier molecular flexibility index (Phi) is 4.17. The molecule has 0 aromatic heterocycles. The van der Waals surface area contributed by atoms with E-state index in [9.17, 15) is 0 Å². The molecule has 0 saturated heterocycles. The Morgan fingerprint density at radius 1 is 1.39 bits per heavy atom. The maximum absolute atomic E-state index is 5.12. The molecule has 96 valence electrons. The second-order valence-electron chi connectivity index (χ2n) is 4.05. The number of hydrogen-bond acceptors (Lipinski definition) is 5. The van der Waals surface area contributed by atoms with Gasteiger partial charge in [-0.1, -0.05) is 0 Å². The second-order valence-corrected chi connectivity index (χ2v) is 4.05. The molecule has 0 radical (unpaired) electrons. The van der Waals surface area contributed by atoms with Gasteiger partial charge in [0.25, 0.3) is 0 Å². The fraction of sp³-hybridized carbons (Fsp3) is 0.385. The summed E-state index contributed by atoms with van der Waals surface area (Å²) in [4.78, 5) is 4.29. The van der Waals surface area contributed by atoms with Crippen LogP contribution in [0.5, 0.6) is 5.75 Å². The van der Waals surface area contributed by atoms with E-state index < -0.39 is 0 Å². The van der Waals surface area contributed by atoms with Gasteiger partial charge < -0.3 is 10.1 Å². The Labute approximate surface area is 107 Å². The third-order valence-corrected chi connectivity index (χ3v) is 2.73. The van der Waals surface area contributed by atoms with Crippen LogP contribution in [0, 0.1) is 0 Å². The average Bonchev–Trinajstić information content (AvgIpc) is 2.46. The highest BCUT2D eigenvalue weighted by atomic mass is 16.5. The minimum Gasteiger partial charge on any atom is -0.497 e. The van der Waals surface area contributed by atoms with Gasteiger partial charge in [-0.3, -0.25) is 4.99 Å². The van der Waals surface area contributed by atoms with Crippen LogP contribution in [-0.4, -0.2) is 31.9 Å². The lowest BCUT2D eigenvalue weighted by Crippen LogP contribution is -2.38. The molecule has 1 heterocycles. The van der Waals surface area contributed by atoms with E-state index in [-0.39, 0.29) is 0 Å². The van der Waals surface area contributed by atoms with Crippen molar-refractivity contribution in [1.29, 1.82) is 0 Å². The highest BCUT2D eigenvalue weighted by Gasteiger charge is 2.03. The summed E-state index contributed by atoms with van der Waals surface area (Å²) < 4.78 is 5.12. The molecule has 5 nitrogen and oxygen atoms in total. The fourth-order valence-electron chi connectivity index (χ4n) is 1.64. The summed E-state index contributed by atoms with van der Waals surface area (Å²) in [5.74, 6) is 1.59. The number of aliphatic imine (C=N–C) groups is 1. The second kappa shape index (κ2) is 6.05. The maximum Gasteiger partial charge on any atom is 0.212 e. The summed E-state index contributed by atoms with van der Waals surface area (Å²) in [6.45, 7) is 3.76. The van der Waals surface area contributed by atoms with Crippen molar-refractivity contribution < 1.29 is 4.74 Å². The molecule has 0 unspecified atom stereocenters. The molecule has 0 aliphatic carbocycles. The normalized spacial score (nSPS) is 15.7. The topological polar surface area (TPSA) is 58.0 Å². The number of rotatable bonds is 3. The zero-order valence-electron chi connectivity index (χ0n) is 10.7. The molecule has 0 bridgehead atoms. The SMILES string of the molecule is COc1ccc(C(C)=NNC2=NCCCN2)cc1. The van der Waals surface area contributed by atoms with E-state index in [1.165, 1.54) is 0 Å². The first-order chi connectivity index (χ1) is 8.79. The van der Waals surface area contributed by atoms with E-state index in [1.54, 1.807) is 7.11 Å². The Morgan fingerprint density at radius 2 is 2.17 bits per heavy atom. The molecular weight excluding hydrogens is 228 g/mol. The first kappa shape index (κ1) is 12.4. The van der Waals surface area contributed by atoms with Crippen molar-refractivity contribution in [2.75, 3.05) is 20.2 Å². The Balaban J connectivity index is 2.00. The summed E-state index contributed by atoms with van der Waals surface area (Å²) in [5, 5.41) is 7.46. The highest BCUT2D eigenvalue weighted by molar-refractivity contribution is 5.99. The van der Waals surface area contributed by atoms with Gasteiger partial charge in [-0.05, 0) is 43.2 Å². The molecule has 0 atom stereocenters. The number of ether oxygens (including phenoxy) is 1. The van der Waals surface area contributed by atoms with Crippen molar-refractivity contribution in [3.8, 4) is 5.75 Å². The van der Waals surface area contributed by atoms with Crippen LogP contribution in [0.3, 0.4) is 0 Å². The lowest BCUT2D eigenvalue weighted by atomic mass is 10.1. The van der Waals surface area contributed by atoms with Gasteiger partial charge in [0.2, 0.25) is 5.96 Å². The van der Waals surface area contributed by atoms with Crippen molar-refractivity contribution in [3.63, 3.8) is 0 Å². The quantitative estimate of drug-likeness (QED) is 0.625. The van der Waals surface area contributed by atoms with E-state index in [0.717, 1.165) is 42.5 Å². The average molecular weight is 246 g/mol. The number of nitrogens with one attached hydrogen (secondary N) is 2. The van der Waals surface area contributed by atoms with Crippen LogP contribution >= 0.6 is 0 Å². The number of hydrazone groups is 1. The lowest BCUT2D eigenvalue weighted by molar-refractivity contribution is 0.415. The monoisotopic (exact) mass is 246 g/mol. The molecule has 18 heavy (non-hydrogen) atoms. The molecule has 0 amide bonds. The van der Waals surface area contributed by atoms with E-state index >= 15 is 0 Å². The van der Waals surface area contributed by atoms with Crippen LogP contribution < -0.4 is 15.5 Å². The molecule has 2 N–H and O–H groups in total. The summed E-state index contributed by atoms with van der Waals surface area (Å²) in [6.07, 6.45) is 1.08. The first-order valence-electron chi connectivity index (χ1n) is 6.02. The minimum absolute atomic E-state index is 0.745. The third-order valence-electron chi connectivity index (χ3n) is 2.73. The van der Waals surface area contributed by atoms with Gasteiger partial charge in [0.05, 0.1) is 12.8 Å². The van der Waals surface area contributed by atoms with Crippen molar-refractivity contribution in [2.24, 2.45) is 10.1 Å². The van der Waals surface area contributed by atoms with Crippen LogP contribution in [0.2, 0.25) is 0 Å². The molecule has 2 rings (SSSR count). The van der Waals surface area contributed by atoms with Crippen LogP contribution in [-0.2, 0) is 0 Å². The fourth-order valence-corrected chi connectivity index (χ4v) is 1.64. The van der Waals surface area contributed by atoms with E-state index in [2.05, 4.69) is 20.8 Å². The van der Waals surface area contributed by atoms with Crippen LogP contribution in [0.15, 0.2) is 34.4 Å². The van der Waals surface area contributed by atoms with Gasteiger partial charge in [0, 0.05) is 13.1 Å². The number of benzene rings is 1. The number of nitrogens with zero attached hydrogens (tertiary/aromatic N) is 2. The van der Waals surface area contributed by atoms with Gasteiger partial charge in [0.15, 0.2) is 0 Å². The molecule has 1 aliphatic rings. The molecule has 1 aromatic carbocycles. The van der Waals surface area contributed by atoms with Gasteiger partial charge >= 0.3 is 0 Å². The zero-order valence-corrected chi connectivity index (χ0v) is 10.7. The predicted molar refractivity (Wildman–Crippen MR) is 73.3 cm³/mol. The van der Waals surface area contributed by atoms with E-state index in [1.807, 2.05) is 31.2 Å². The standard InChI is InChI=1S/C13H18N4O/c1-10(11-4-6-12(18-2)7-5-11)16-17-13-14-8-3-9-15-13/h4-7H,3,8-9H2,1-2H3,(H2,14,15,17). The van der Waals surface area contributed by atoms with E-state index in [4.69, 9.17) is 4.74 Å². The third kappa shape index (κ3) is 3.23. The largest absolute Gasteiger partial charge is 0.497 e. The Hall–Kier alpha value is -2.04. The van der Waals surface area contributed by atoms with Crippen molar-refractivity contribution in [3.05, 3.63) is 29.8 Å². The molecule has 5 heteroatoms. The van der Waals surface area contributed by atoms with Gasteiger partial charge in [-0.25, -0.2) is 5.43 Å². The summed E-state index contributed by atoms with van der Waals surface area (Å²) in [6, 6.07) is 7.81. The van der Waals surface area contributed by atoms with Crippen molar-refractivity contribution in [2.45, 2.75) is 13.3 Å². The molecule has 0 fully saturated rings. The van der Waals surface area contributed by atoms with Gasteiger partial charge in [-0.2, -0.15) is 5.10 Å². The first-order valence-corrected chi connectivity index (χ1v) is 6.02. The summed E-state index contributed by atoms with van der Waals surface area (Å²) in [5.41, 5.74) is 4.91. The molecular formula is C13H18N4O. The van der Waals surface area contributed by atoms with Crippen molar-refractivity contribution >= 4 is 11.7 Å². The molecule has 1 aromatic rings. The summed E-state index contributed by atoms with van der Waals surface area (Å²) in [7, 11) is 1.66. The van der Waals surface area contributed by atoms with Crippen LogP contribution in [0.4, 0.5) is 0 Å². The number of methoxy groups -OCH3 is 1. The predicted octanol–water partition coefficient (Wildman–Crippen LogP) is 1.36. The Morgan fingerprint density at radius 3 is 2.78 bits per heavy atom. The molecule has 1 aliphatic heterocycles. The minimum atomic E-state index is 0.745. The van der Waals surface area contributed by atoms with Gasteiger partial charge in [-0.15, -0.1) is 0 Å². The number of guanidine groups is 1. The maximum atomic E-state index is 5.12. The zero-order chi connectivity index (χ0) is 12.8. The summed E-state index contributed by atoms with van der Waals surface area (Å²) >= 11 is 0. The number of hydrogen-bond donors (Lipinski definition) is 2. The molecule has 0 spiro atoms. The lowest BCUT2D eigenvalue weighted by Gasteiger charge is -2.13. The van der Waals surface area contributed by atoms with E-state index in [0.29, 0.717) is 0 Å². The van der Waals surface area contributed by atoms with Crippen molar-refractivity contribution in [1.82, 2.24) is 10.7 Å².